The molecular weight excluding hydrogens is 329 g/mol. The van der Waals surface area contributed by atoms with E-state index in [1.165, 1.54) is 30.6 Å². The zero-order chi connectivity index (χ0) is 17.3. The Hall–Kier alpha value is -2.54. The molecule has 1 aliphatic heterocycles. The lowest BCUT2D eigenvalue weighted by Gasteiger charge is -2.33. The molecular formula is C17H16FN3O2S. The van der Waals surface area contributed by atoms with Crippen LogP contribution in [0, 0.1) is 5.82 Å². The highest BCUT2D eigenvalue weighted by molar-refractivity contribution is 7.11. The lowest BCUT2D eigenvalue weighted by molar-refractivity contribution is -0.137. The number of esters is 1. The molecule has 0 aliphatic carbocycles. The number of carbonyl (C=O) groups excluding carboxylic acids is 1. The van der Waals surface area contributed by atoms with Crippen LogP contribution in [0.5, 0.6) is 0 Å². The Labute approximate surface area is 142 Å². The largest absolute Gasteiger partial charge is 0.466 e. The van der Waals surface area contributed by atoms with Gasteiger partial charge in [0.1, 0.15) is 11.4 Å². The number of methoxy groups -OCH3 is 1. The minimum atomic E-state index is -1.00. The number of aliphatic imine (C=N–C) groups is 1. The molecule has 1 unspecified atom stereocenters. The zero-order valence-electron chi connectivity index (χ0n) is 13.5. The van der Waals surface area contributed by atoms with E-state index in [4.69, 9.17) is 9.73 Å². The second kappa shape index (κ2) is 6.16. The summed E-state index contributed by atoms with van der Waals surface area (Å²) < 4.78 is 18.3. The molecule has 1 aliphatic rings. The number of nitrogens with one attached hydrogen (secondary N) is 1. The highest BCUT2D eigenvalue weighted by Gasteiger charge is 2.41. The topological polar surface area (TPSA) is 63.6 Å². The molecule has 1 aromatic carbocycles. The summed E-state index contributed by atoms with van der Waals surface area (Å²) in [5.41, 5.74) is 0.710. The van der Waals surface area contributed by atoms with Crippen LogP contribution in [-0.2, 0) is 15.1 Å². The molecule has 1 aromatic heterocycles. The molecule has 0 spiro atoms. The van der Waals surface area contributed by atoms with E-state index in [0.717, 1.165) is 0 Å². The third kappa shape index (κ3) is 2.71. The Balaban J connectivity index is 2.19. The monoisotopic (exact) mass is 345 g/mol. The first kappa shape index (κ1) is 16.3. The van der Waals surface area contributed by atoms with Crippen molar-refractivity contribution in [3.05, 3.63) is 63.5 Å². The van der Waals surface area contributed by atoms with E-state index in [9.17, 15) is 9.18 Å². The van der Waals surface area contributed by atoms with Crippen molar-refractivity contribution in [1.29, 1.82) is 0 Å². The van der Waals surface area contributed by atoms with Gasteiger partial charge in [-0.3, -0.25) is 0 Å². The van der Waals surface area contributed by atoms with E-state index >= 15 is 0 Å². The van der Waals surface area contributed by atoms with Crippen LogP contribution in [0.15, 0.2) is 52.1 Å². The predicted octanol–water partition coefficient (Wildman–Crippen LogP) is 2.99. The number of hydrogen-bond donors (Lipinski definition) is 1. The van der Waals surface area contributed by atoms with Gasteiger partial charge in [0.15, 0.2) is 10.8 Å². The summed E-state index contributed by atoms with van der Waals surface area (Å²) in [4.78, 5) is 21.3. The van der Waals surface area contributed by atoms with Crippen LogP contribution in [-0.4, -0.2) is 23.9 Å². The van der Waals surface area contributed by atoms with Gasteiger partial charge in [0.05, 0.1) is 12.7 Å². The first-order valence-corrected chi connectivity index (χ1v) is 8.16. The normalized spacial score (nSPS) is 20.4. The minimum absolute atomic E-state index is 0.347. The van der Waals surface area contributed by atoms with Crippen LogP contribution >= 0.6 is 11.3 Å². The highest BCUT2D eigenvalue weighted by Crippen LogP contribution is 2.38. The second-order valence-corrected chi connectivity index (χ2v) is 6.39. The van der Waals surface area contributed by atoms with Gasteiger partial charge in [-0.15, -0.1) is 11.3 Å². The molecule has 1 atom stereocenters. The van der Waals surface area contributed by atoms with E-state index in [2.05, 4.69) is 10.3 Å². The molecule has 0 fully saturated rings. The Morgan fingerprint density at radius 3 is 2.62 bits per heavy atom. The third-order valence-electron chi connectivity index (χ3n) is 3.93. The molecule has 124 valence electrons. The summed E-state index contributed by atoms with van der Waals surface area (Å²) in [7, 11) is 1.33. The van der Waals surface area contributed by atoms with Crippen molar-refractivity contribution in [1.82, 2.24) is 10.3 Å². The van der Waals surface area contributed by atoms with E-state index in [1.807, 2.05) is 12.3 Å². The van der Waals surface area contributed by atoms with Crippen molar-refractivity contribution < 1.29 is 13.9 Å². The van der Waals surface area contributed by atoms with Gasteiger partial charge >= 0.3 is 5.97 Å². The number of hydrogen-bond acceptors (Lipinski definition) is 6. The van der Waals surface area contributed by atoms with E-state index in [0.29, 0.717) is 27.7 Å². The number of benzene rings is 1. The molecule has 1 N–H and O–H groups in total. The van der Waals surface area contributed by atoms with Gasteiger partial charge in [0.25, 0.3) is 0 Å². The average molecular weight is 345 g/mol. The lowest BCUT2D eigenvalue weighted by atomic mass is 9.82. The molecule has 2 heterocycles. The van der Waals surface area contributed by atoms with Crippen molar-refractivity contribution in [3.63, 3.8) is 0 Å². The second-order valence-electron chi connectivity index (χ2n) is 5.49. The Bertz CT molecular complexity index is 828. The number of ether oxygens (including phenoxy) is 1. The number of carbonyl (C=O) groups is 1. The minimum Gasteiger partial charge on any atom is -0.466 e. The Morgan fingerprint density at radius 1 is 1.33 bits per heavy atom. The number of nitrogens with zero attached hydrogens (tertiary/aromatic N) is 2. The van der Waals surface area contributed by atoms with Gasteiger partial charge in [0, 0.05) is 17.3 Å². The molecule has 0 saturated carbocycles. The third-order valence-corrected chi connectivity index (χ3v) is 4.71. The highest BCUT2D eigenvalue weighted by atomic mass is 32.1. The molecule has 24 heavy (non-hydrogen) atoms. The van der Waals surface area contributed by atoms with Gasteiger partial charge in [-0.25, -0.2) is 19.2 Å². The number of rotatable bonds is 3. The average Bonchev–Trinajstić information content (AvgIpc) is 3.09. The number of allylic oxidation sites excluding steroid dienone is 1. The van der Waals surface area contributed by atoms with Gasteiger partial charge in [-0.2, -0.15) is 0 Å². The summed E-state index contributed by atoms with van der Waals surface area (Å²) >= 11 is 1.44. The van der Waals surface area contributed by atoms with Crippen molar-refractivity contribution in [2.75, 3.05) is 7.11 Å². The van der Waals surface area contributed by atoms with Crippen LogP contribution in [0.4, 0.5) is 4.39 Å². The van der Waals surface area contributed by atoms with Crippen molar-refractivity contribution in [2.24, 2.45) is 4.99 Å². The van der Waals surface area contributed by atoms with Crippen molar-refractivity contribution in [3.8, 4) is 0 Å². The first-order valence-electron chi connectivity index (χ1n) is 7.28. The fourth-order valence-electron chi connectivity index (χ4n) is 2.79. The Kier molecular flexibility index (Phi) is 4.19. The van der Waals surface area contributed by atoms with Crippen LogP contribution in [0.3, 0.4) is 0 Å². The van der Waals surface area contributed by atoms with E-state index in [-0.39, 0.29) is 5.82 Å². The van der Waals surface area contributed by atoms with Gasteiger partial charge < -0.3 is 10.1 Å². The summed E-state index contributed by atoms with van der Waals surface area (Å²) in [6, 6.07) is 5.95. The fraction of sp³-hybridized carbons (Fsp3) is 0.235. The van der Waals surface area contributed by atoms with Gasteiger partial charge in [-0.05, 0) is 31.5 Å². The fourth-order valence-corrected chi connectivity index (χ4v) is 3.37. The standard InChI is InChI=1S/C17H16FN3O2S/c1-10-13(16(22)23-3)17(2,11-4-6-12(18)7-5-11)21-14(20-10)15-19-8-9-24-15/h4-9H,1-3H3,(H,20,21). The zero-order valence-corrected chi connectivity index (χ0v) is 14.3. The predicted molar refractivity (Wildman–Crippen MR) is 90.3 cm³/mol. The van der Waals surface area contributed by atoms with E-state index < -0.39 is 11.5 Å². The summed E-state index contributed by atoms with van der Waals surface area (Å²) in [6.07, 6.45) is 1.69. The quantitative estimate of drug-likeness (QED) is 0.869. The molecule has 2 aromatic rings. The summed E-state index contributed by atoms with van der Waals surface area (Å²) in [6.45, 7) is 3.60. The molecule has 5 nitrogen and oxygen atoms in total. The molecule has 0 saturated heterocycles. The maximum atomic E-state index is 13.3. The number of thiazole rings is 1. The maximum Gasteiger partial charge on any atom is 0.338 e. The van der Waals surface area contributed by atoms with Gasteiger partial charge in [-0.1, -0.05) is 12.1 Å². The number of halogens is 1. The number of amidine groups is 1. The molecule has 0 amide bonds. The summed E-state index contributed by atoms with van der Waals surface area (Å²) in [5, 5.41) is 5.69. The first-order chi connectivity index (χ1) is 11.5. The Morgan fingerprint density at radius 2 is 2.04 bits per heavy atom. The molecule has 7 heteroatoms. The van der Waals surface area contributed by atoms with Crippen LogP contribution in [0.2, 0.25) is 0 Å². The van der Waals surface area contributed by atoms with E-state index in [1.54, 1.807) is 25.3 Å². The smallest absolute Gasteiger partial charge is 0.338 e. The van der Waals surface area contributed by atoms with Crippen LogP contribution < -0.4 is 5.32 Å². The number of aromatic nitrogens is 1. The maximum absolute atomic E-state index is 13.3. The molecule has 3 rings (SSSR count). The summed E-state index contributed by atoms with van der Waals surface area (Å²) in [5.74, 6) is -0.253. The van der Waals surface area contributed by atoms with Gasteiger partial charge in [0.2, 0.25) is 0 Å². The van der Waals surface area contributed by atoms with Crippen molar-refractivity contribution >= 4 is 23.1 Å². The molecule has 0 bridgehead atoms. The van der Waals surface area contributed by atoms with Crippen LogP contribution in [0.1, 0.15) is 24.4 Å². The molecule has 0 radical (unpaired) electrons. The van der Waals surface area contributed by atoms with Crippen molar-refractivity contribution in [2.45, 2.75) is 19.4 Å². The van der Waals surface area contributed by atoms with Crippen LogP contribution in [0.25, 0.3) is 0 Å². The SMILES string of the molecule is COC(=O)C1=C(C)NC(c2nccs2)=NC1(C)c1ccc(F)cc1. The lowest BCUT2D eigenvalue weighted by Crippen LogP contribution is -2.40.